The maximum absolute atomic E-state index is 13.2. The minimum atomic E-state index is -3.16. The maximum atomic E-state index is 13.2. The van der Waals surface area contributed by atoms with Crippen LogP contribution in [0.25, 0.3) is 11.1 Å². The molecule has 1 heterocycles. The average Bonchev–Trinajstić information content (AvgIpc) is 2.84. The highest BCUT2D eigenvalue weighted by Gasteiger charge is 2.29. The molecule has 0 radical (unpaired) electrons. The normalized spacial score (nSPS) is 12.5. The van der Waals surface area contributed by atoms with E-state index in [4.69, 9.17) is 4.74 Å². The second-order valence-corrected chi connectivity index (χ2v) is 8.63. The summed E-state index contributed by atoms with van der Waals surface area (Å²) < 4.78 is 44.1. The molecular weight excluding hydrogens is 455 g/mol. The monoisotopic (exact) mass is 485 g/mol. The minimum Gasteiger partial charge on any atom is -0.348 e. The van der Waals surface area contributed by atoms with E-state index < -0.39 is 30.8 Å². The Morgan fingerprint density at radius 1 is 0.971 bits per heavy atom. The largest absolute Gasteiger partial charge is 0.348 e. The first-order valence-corrected chi connectivity index (χ1v) is 11.4. The van der Waals surface area contributed by atoms with Crippen molar-refractivity contribution < 1.29 is 22.7 Å². The van der Waals surface area contributed by atoms with Gasteiger partial charge in [0.1, 0.15) is 5.72 Å². The fourth-order valence-electron chi connectivity index (χ4n) is 3.65. The number of carbonyl (C=O) groups excluding carboxylic acids is 1. The van der Waals surface area contributed by atoms with Gasteiger partial charge < -0.3 is 15.4 Å². The van der Waals surface area contributed by atoms with Gasteiger partial charge in [-0.1, -0.05) is 60.7 Å². The summed E-state index contributed by atoms with van der Waals surface area (Å²) in [5, 5.41) is 5.50. The van der Waals surface area contributed by atoms with E-state index >= 15 is 0 Å². The lowest BCUT2D eigenvalue weighted by Gasteiger charge is -2.31. The Bertz CT molecular complexity index is 1060. The molecule has 2 aromatic carbocycles. The summed E-state index contributed by atoms with van der Waals surface area (Å²) >= 11 is 0. The number of nitrogens with one attached hydrogen (secondary N) is 2. The van der Waals surface area contributed by atoms with Gasteiger partial charge in [-0.3, -0.25) is 14.2 Å². The average molecular weight is 486 g/mol. The first-order valence-electron chi connectivity index (χ1n) is 11.4. The van der Waals surface area contributed by atoms with E-state index in [9.17, 15) is 18.0 Å². The van der Waals surface area contributed by atoms with E-state index in [1.807, 2.05) is 42.5 Å². The molecule has 3 rings (SSSR count). The van der Waals surface area contributed by atoms with E-state index in [2.05, 4.69) is 27.8 Å². The van der Waals surface area contributed by atoms with Crippen molar-refractivity contribution >= 4 is 5.91 Å². The summed E-state index contributed by atoms with van der Waals surface area (Å²) in [6.45, 7) is 3.66. The number of pyridine rings is 1. The Labute approximate surface area is 203 Å². The zero-order valence-corrected chi connectivity index (χ0v) is 19.8. The van der Waals surface area contributed by atoms with Crippen molar-refractivity contribution in [2.75, 3.05) is 6.67 Å². The lowest BCUT2D eigenvalue weighted by molar-refractivity contribution is -0.148. The van der Waals surface area contributed by atoms with Gasteiger partial charge in [0.2, 0.25) is 0 Å². The number of rotatable bonds is 12. The number of ether oxygens (including phenoxy) is 1. The number of alkyl halides is 3. The molecule has 1 amide bonds. The first kappa shape index (κ1) is 26.4. The smallest absolute Gasteiger partial charge is 0.315 e. The Morgan fingerprint density at radius 2 is 1.66 bits per heavy atom. The highest BCUT2D eigenvalue weighted by atomic mass is 19.3. The third-order valence-corrected chi connectivity index (χ3v) is 5.35. The van der Waals surface area contributed by atoms with E-state index in [1.165, 1.54) is 19.4 Å². The molecule has 0 aliphatic heterocycles. The van der Waals surface area contributed by atoms with Crippen LogP contribution in [0.2, 0.25) is 0 Å². The number of hydrogen-bond donors (Lipinski definition) is 2. The molecule has 0 saturated carbocycles. The molecule has 3 aromatic rings. The summed E-state index contributed by atoms with van der Waals surface area (Å²) in [4.78, 5) is 15.9. The minimum absolute atomic E-state index is 0.0273. The third-order valence-electron chi connectivity index (χ3n) is 5.35. The Morgan fingerprint density at radius 3 is 2.26 bits per heavy atom. The van der Waals surface area contributed by atoms with Crippen LogP contribution in [-0.4, -0.2) is 29.7 Å². The van der Waals surface area contributed by atoms with Crippen molar-refractivity contribution in [2.45, 2.75) is 51.6 Å². The summed E-state index contributed by atoms with van der Waals surface area (Å²) in [6, 6.07) is 21.4. The van der Waals surface area contributed by atoms with Crippen molar-refractivity contribution in [2.24, 2.45) is 0 Å². The SMILES string of the molecule is CC(C)(NC(=O)C(F)F)OC(CCF)c1ccc(-c2ccc(CNCc3ccccc3)nc2)cc1. The van der Waals surface area contributed by atoms with Gasteiger partial charge in [0.15, 0.2) is 0 Å². The predicted octanol–water partition coefficient (Wildman–Crippen LogP) is 5.57. The van der Waals surface area contributed by atoms with Crippen LogP contribution in [-0.2, 0) is 22.6 Å². The molecule has 0 bridgehead atoms. The van der Waals surface area contributed by atoms with Gasteiger partial charge in [-0.15, -0.1) is 0 Å². The van der Waals surface area contributed by atoms with E-state index in [0.29, 0.717) is 12.1 Å². The van der Waals surface area contributed by atoms with E-state index in [-0.39, 0.29) is 6.42 Å². The highest BCUT2D eigenvalue weighted by molar-refractivity contribution is 5.79. The maximum Gasteiger partial charge on any atom is 0.315 e. The van der Waals surface area contributed by atoms with Crippen LogP contribution in [0.5, 0.6) is 0 Å². The topological polar surface area (TPSA) is 63.2 Å². The van der Waals surface area contributed by atoms with Gasteiger partial charge in [0, 0.05) is 31.3 Å². The van der Waals surface area contributed by atoms with Gasteiger partial charge >= 0.3 is 6.43 Å². The number of aromatic nitrogens is 1. The van der Waals surface area contributed by atoms with Crippen molar-refractivity contribution in [3.63, 3.8) is 0 Å². The van der Waals surface area contributed by atoms with Crippen LogP contribution < -0.4 is 10.6 Å². The van der Waals surface area contributed by atoms with Gasteiger partial charge in [0.05, 0.1) is 18.5 Å². The summed E-state index contributed by atoms with van der Waals surface area (Å²) in [7, 11) is 0. The molecule has 0 saturated heterocycles. The van der Waals surface area contributed by atoms with Crippen LogP contribution in [0.4, 0.5) is 13.2 Å². The van der Waals surface area contributed by atoms with Crippen molar-refractivity contribution in [1.29, 1.82) is 0 Å². The quantitative estimate of drug-likeness (QED) is 0.329. The molecule has 1 atom stereocenters. The molecule has 8 heteroatoms. The Balaban J connectivity index is 1.61. The molecule has 0 fully saturated rings. The Kier molecular flexibility index (Phi) is 9.39. The molecule has 186 valence electrons. The standard InChI is InChI=1S/C27H30F3N3O2/c1-27(2,33-26(34)25(29)30)35-24(14-15-28)21-10-8-20(9-11-21)22-12-13-23(32-17-22)18-31-16-19-6-4-3-5-7-19/h3-13,17,24-25,31H,14-16,18H2,1-2H3,(H,33,34). The second-order valence-electron chi connectivity index (χ2n) is 8.63. The molecule has 0 spiro atoms. The Hall–Kier alpha value is -3.23. The predicted molar refractivity (Wildman–Crippen MR) is 129 cm³/mol. The molecule has 2 N–H and O–H groups in total. The zero-order chi connectivity index (χ0) is 25.3. The van der Waals surface area contributed by atoms with Crippen LogP contribution >= 0.6 is 0 Å². The summed E-state index contributed by atoms with van der Waals surface area (Å²) in [5.41, 5.74) is 3.27. The van der Waals surface area contributed by atoms with E-state index in [1.54, 1.807) is 18.3 Å². The molecule has 0 aliphatic rings. The fraction of sp³-hybridized carbons (Fsp3) is 0.333. The third kappa shape index (κ3) is 8.19. The van der Waals surface area contributed by atoms with Gasteiger partial charge in [-0.05, 0) is 36.6 Å². The van der Waals surface area contributed by atoms with Crippen molar-refractivity contribution in [3.05, 3.63) is 89.7 Å². The summed E-state index contributed by atoms with van der Waals surface area (Å²) in [6.07, 6.45) is -2.04. The van der Waals surface area contributed by atoms with Crippen molar-refractivity contribution in [3.8, 4) is 11.1 Å². The molecular formula is C27H30F3N3O2. The molecule has 0 aliphatic carbocycles. The molecule has 1 unspecified atom stereocenters. The van der Waals surface area contributed by atoms with Gasteiger partial charge in [-0.2, -0.15) is 8.78 Å². The number of halogens is 3. The van der Waals surface area contributed by atoms with Gasteiger partial charge in [-0.25, -0.2) is 0 Å². The number of carbonyl (C=O) groups is 1. The lowest BCUT2D eigenvalue weighted by atomic mass is 10.0. The van der Waals surface area contributed by atoms with Crippen LogP contribution in [0, 0.1) is 0 Å². The van der Waals surface area contributed by atoms with Crippen LogP contribution in [0.15, 0.2) is 72.9 Å². The molecule has 35 heavy (non-hydrogen) atoms. The summed E-state index contributed by atoms with van der Waals surface area (Å²) in [5.74, 6) is -1.43. The van der Waals surface area contributed by atoms with Crippen LogP contribution in [0.3, 0.4) is 0 Å². The van der Waals surface area contributed by atoms with Crippen LogP contribution in [0.1, 0.15) is 43.2 Å². The first-order chi connectivity index (χ1) is 16.8. The number of benzene rings is 2. The lowest BCUT2D eigenvalue weighted by Crippen LogP contribution is -2.48. The molecule has 5 nitrogen and oxygen atoms in total. The fourth-order valence-corrected chi connectivity index (χ4v) is 3.65. The number of amides is 1. The number of nitrogens with zero attached hydrogens (tertiary/aromatic N) is 1. The molecule has 1 aromatic heterocycles. The van der Waals surface area contributed by atoms with Crippen molar-refractivity contribution in [1.82, 2.24) is 15.6 Å². The van der Waals surface area contributed by atoms with Gasteiger partial charge in [0.25, 0.3) is 5.91 Å². The van der Waals surface area contributed by atoms with E-state index in [0.717, 1.165) is 23.4 Å². The second kappa shape index (κ2) is 12.5. The zero-order valence-electron chi connectivity index (χ0n) is 19.8. The highest BCUT2D eigenvalue weighted by Crippen LogP contribution is 2.29. The number of hydrogen-bond acceptors (Lipinski definition) is 4.